The van der Waals surface area contributed by atoms with Crippen LogP contribution in [0.25, 0.3) is 0 Å². The zero-order chi connectivity index (χ0) is 14.7. The molecule has 0 unspecified atom stereocenters. The maximum Gasteiger partial charge on any atom is 0.311 e. The van der Waals surface area contributed by atoms with Crippen LogP contribution < -0.4 is 10.5 Å². The number of ether oxygens (including phenoxy) is 1. The Kier molecular flexibility index (Phi) is 4.00. The van der Waals surface area contributed by atoms with E-state index in [4.69, 9.17) is 10.5 Å². The van der Waals surface area contributed by atoms with Crippen LogP contribution in [-0.2, 0) is 6.54 Å². The minimum atomic E-state index is -0.449. The van der Waals surface area contributed by atoms with Crippen molar-refractivity contribution in [3.8, 4) is 11.5 Å². The quantitative estimate of drug-likeness (QED) is 0.682. The highest BCUT2D eigenvalue weighted by atomic mass is 16.6. The Labute approximate surface area is 117 Å². The molecule has 0 aliphatic rings. The number of aryl methyl sites for hydroxylation is 2. The molecule has 0 saturated carbocycles. The third kappa shape index (κ3) is 2.95. The first-order valence-corrected chi connectivity index (χ1v) is 6.23. The maximum atomic E-state index is 11.0. The van der Waals surface area contributed by atoms with Gasteiger partial charge in [0.2, 0.25) is 5.75 Å². The number of hydrogen-bond acceptors (Lipinski definition) is 4. The van der Waals surface area contributed by atoms with Crippen LogP contribution in [0.5, 0.6) is 11.5 Å². The predicted molar refractivity (Wildman–Crippen MR) is 77.0 cm³/mol. The van der Waals surface area contributed by atoms with Crippen molar-refractivity contribution in [1.29, 1.82) is 0 Å². The van der Waals surface area contributed by atoms with Gasteiger partial charge in [-0.1, -0.05) is 12.1 Å². The fraction of sp³-hybridized carbons (Fsp3) is 0.200. The molecule has 0 saturated heterocycles. The first-order valence-electron chi connectivity index (χ1n) is 6.23. The van der Waals surface area contributed by atoms with Crippen LogP contribution in [0, 0.1) is 24.0 Å². The summed E-state index contributed by atoms with van der Waals surface area (Å²) in [6, 6.07) is 10.3. The van der Waals surface area contributed by atoms with Crippen LogP contribution in [0.1, 0.15) is 16.7 Å². The molecule has 0 radical (unpaired) electrons. The Hall–Kier alpha value is -2.40. The van der Waals surface area contributed by atoms with E-state index in [0.717, 1.165) is 16.7 Å². The van der Waals surface area contributed by atoms with E-state index in [1.54, 1.807) is 18.2 Å². The molecule has 2 aromatic carbocycles. The molecule has 0 fully saturated rings. The van der Waals surface area contributed by atoms with Gasteiger partial charge < -0.3 is 10.5 Å². The van der Waals surface area contributed by atoms with Gasteiger partial charge in [0.15, 0.2) is 0 Å². The van der Waals surface area contributed by atoms with E-state index < -0.39 is 4.92 Å². The molecule has 2 aromatic rings. The molecule has 0 bridgehead atoms. The van der Waals surface area contributed by atoms with Crippen molar-refractivity contribution in [3.63, 3.8) is 0 Å². The van der Waals surface area contributed by atoms with Crippen molar-refractivity contribution < 1.29 is 9.66 Å². The van der Waals surface area contributed by atoms with Crippen LogP contribution in [0.4, 0.5) is 5.69 Å². The molecule has 2 N–H and O–H groups in total. The number of nitrogens with two attached hydrogens (primary N) is 1. The SMILES string of the molecule is Cc1ccc([N+](=O)[O-])c(Oc2ccc(CN)c(C)c2)c1. The number of nitro groups is 1. The van der Waals surface area contributed by atoms with Gasteiger partial charge in [-0.25, -0.2) is 0 Å². The molecule has 20 heavy (non-hydrogen) atoms. The van der Waals surface area contributed by atoms with Gasteiger partial charge in [0.1, 0.15) is 5.75 Å². The molecule has 0 heterocycles. The first-order chi connectivity index (χ1) is 9.51. The molecule has 0 atom stereocenters. The van der Waals surface area contributed by atoms with E-state index in [2.05, 4.69) is 0 Å². The highest BCUT2D eigenvalue weighted by molar-refractivity contribution is 5.50. The topological polar surface area (TPSA) is 78.4 Å². The predicted octanol–water partition coefficient (Wildman–Crippen LogP) is 3.46. The molecule has 0 aromatic heterocycles. The minimum Gasteiger partial charge on any atom is -0.450 e. The second-order valence-electron chi connectivity index (χ2n) is 4.62. The monoisotopic (exact) mass is 272 g/mol. The second kappa shape index (κ2) is 5.71. The summed E-state index contributed by atoms with van der Waals surface area (Å²) in [6.45, 7) is 4.25. The van der Waals surface area contributed by atoms with Gasteiger partial charge in [-0.2, -0.15) is 0 Å². The largest absolute Gasteiger partial charge is 0.450 e. The Morgan fingerprint density at radius 3 is 2.55 bits per heavy atom. The van der Waals surface area contributed by atoms with Crippen molar-refractivity contribution >= 4 is 5.69 Å². The number of nitrogens with zero attached hydrogens (tertiary/aromatic N) is 1. The summed E-state index contributed by atoms with van der Waals surface area (Å²) in [5.41, 5.74) is 8.49. The third-order valence-electron chi connectivity index (χ3n) is 3.07. The van der Waals surface area contributed by atoms with Crippen LogP contribution in [0.2, 0.25) is 0 Å². The van der Waals surface area contributed by atoms with Gasteiger partial charge in [-0.15, -0.1) is 0 Å². The minimum absolute atomic E-state index is 0.0452. The summed E-state index contributed by atoms with van der Waals surface area (Å²) in [5, 5.41) is 11.0. The van der Waals surface area contributed by atoms with E-state index >= 15 is 0 Å². The Balaban J connectivity index is 2.36. The van der Waals surface area contributed by atoms with Crippen LogP contribution in [-0.4, -0.2) is 4.92 Å². The first kappa shape index (κ1) is 14.0. The van der Waals surface area contributed by atoms with E-state index in [1.807, 2.05) is 26.0 Å². The lowest BCUT2D eigenvalue weighted by molar-refractivity contribution is -0.385. The molecular weight excluding hydrogens is 256 g/mol. The summed E-state index contributed by atoms with van der Waals surface area (Å²) in [4.78, 5) is 10.6. The molecule has 0 amide bonds. The van der Waals surface area contributed by atoms with Crippen LogP contribution >= 0.6 is 0 Å². The lowest BCUT2D eigenvalue weighted by Gasteiger charge is -2.09. The highest BCUT2D eigenvalue weighted by Crippen LogP contribution is 2.32. The normalized spacial score (nSPS) is 10.3. The summed E-state index contributed by atoms with van der Waals surface area (Å²) < 4.78 is 5.65. The molecule has 5 heteroatoms. The fourth-order valence-corrected chi connectivity index (χ4v) is 1.94. The average molecular weight is 272 g/mol. The van der Waals surface area contributed by atoms with Gasteiger partial charge in [-0.3, -0.25) is 10.1 Å². The smallest absolute Gasteiger partial charge is 0.311 e. The van der Waals surface area contributed by atoms with E-state index in [-0.39, 0.29) is 11.4 Å². The molecule has 2 rings (SSSR count). The standard InChI is InChI=1S/C15H16N2O3/c1-10-3-6-14(17(18)19)15(7-10)20-13-5-4-12(9-16)11(2)8-13/h3-8H,9,16H2,1-2H3. The van der Waals surface area contributed by atoms with Crippen molar-refractivity contribution in [2.24, 2.45) is 5.73 Å². The molecule has 0 aliphatic heterocycles. The van der Waals surface area contributed by atoms with Gasteiger partial charge in [-0.05, 0) is 48.7 Å². The van der Waals surface area contributed by atoms with Crippen molar-refractivity contribution in [1.82, 2.24) is 0 Å². The number of hydrogen-bond donors (Lipinski definition) is 1. The van der Waals surface area contributed by atoms with E-state index in [1.165, 1.54) is 6.07 Å². The van der Waals surface area contributed by atoms with Gasteiger partial charge in [0, 0.05) is 12.6 Å². The molecule has 104 valence electrons. The van der Waals surface area contributed by atoms with Crippen LogP contribution in [0.3, 0.4) is 0 Å². The van der Waals surface area contributed by atoms with Crippen molar-refractivity contribution in [3.05, 3.63) is 63.2 Å². The van der Waals surface area contributed by atoms with Crippen molar-refractivity contribution in [2.75, 3.05) is 0 Å². The summed E-state index contributed by atoms with van der Waals surface area (Å²) >= 11 is 0. The Morgan fingerprint density at radius 1 is 1.20 bits per heavy atom. The number of benzene rings is 2. The zero-order valence-electron chi connectivity index (χ0n) is 11.4. The Morgan fingerprint density at radius 2 is 1.95 bits per heavy atom. The van der Waals surface area contributed by atoms with Gasteiger partial charge >= 0.3 is 5.69 Å². The molecule has 0 spiro atoms. The lowest BCUT2D eigenvalue weighted by Crippen LogP contribution is -1.99. The van der Waals surface area contributed by atoms with Crippen LogP contribution in [0.15, 0.2) is 36.4 Å². The lowest BCUT2D eigenvalue weighted by atomic mass is 10.1. The van der Waals surface area contributed by atoms with Gasteiger partial charge in [0.25, 0.3) is 0 Å². The summed E-state index contributed by atoms with van der Waals surface area (Å²) in [7, 11) is 0. The highest BCUT2D eigenvalue weighted by Gasteiger charge is 2.15. The van der Waals surface area contributed by atoms with Gasteiger partial charge in [0.05, 0.1) is 4.92 Å². The number of nitro benzene ring substituents is 1. The fourth-order valence-electron chi connectivity index (χ4n) is 1.94. The second-order valence-corrected chi connectivity index (χ2v) is 4.62. The number of rotatable bonds is 4. The third-order valence-corrected chi connectivity index (χ3v) is 3.07. The molecular formula is C15H16N2O3. The van der Waals surface area contributed by atoms with E-state index in [9.17, 15) is 10.1 Å². The summed E-state index contributed by atoms with van der Waals surface area (Å²) in [6.07, 6.45) is 0. The zero-order valence-corrected chi connectivity index (χ0v) is 11.4. The van der Waals surface area contributed by atoms with Crippen molar-refractivity contribution in [2.45, 2.75) is 20.4 Å². The average Bonchev–Trinajstić information content (AvgIpc) is 2.38. The maximum absolute atomic E-state index is 11.0. The molecule has 5 nitrogen and oxygen atoms in total. The van der Waals surface area contributed by atoms with E-state index in [0.29, 0.717) is 12.3 Å². The summed E-state index contributed by atoms with van der Waals surface area (Å²) in [5.74, 6) is 0.809. The Bertz CT molecular complexity index is 654. The molecule has 0 aliphatic carbocycles.